The predicted molar refractivity (Wildman–Crippen MR) is 81.9 cm³/mol. The summed E-state index contributed by atoms with van der Waals surface area (Å²) in [5.41, 5.74) is 0.461. The lowest BCUT2D eigenvalue weighted by atomic mass is 10.1. The number of ether oxygens (including phenoxy) is 2. The van der Waals surface area contributed by atoms with E-state index in [0.29, 0.717) is 28.6 Å². The monoisotopic (exact) mass is 348 g/mol. The zero-order chi connectivity index (χ0) is 14.3. The molecule has 2 aromatic carbocycles. The number of hydrogen-bond acceptors (Lipinski definition) is 2. The standard InChI is InChI=1S/C14H8Cl4O2/c15-13(16)14(17,18)8-4-3-7-11-12(8)20-10-6-2-1-5-9(10)19-11/h1-7,13H. The molecule has 1 aliphatic heterocycles. The zero-order valence-electron chi connectivity index (χ0n) is 9.95. The van der Waals surface area contributed by atoms with Crippen molar-refractivity contribution in [3.63, 3.8) is 0 Å². The molecule has 1 aliphatic rings. The molecular weight excluding hydrogens is 342 g/mol. The molecule has 20 heavy (non-hydrogen) atoms. The summed E-state index contributed by atoms with van der Waals surface area (Å²) in [6.45, 7) is 0. The molecule has 2 nitrogen and oxygen atoms in total. The van der Waals surface area contributed by atoms with Gasteiger partial charge in [0.25, 0.3) is 0 Å². The Bertz CT molecular complexity index is 655. The van der Waals surface area contributed by atoms with Gasteiger partial charge >= 0.3 is 0 Å². The Morgan fingerprint density at radius 2 is 1.40 bits per heavy atom. The third-order valence-corrected chi connectivity index (χ3v) is 4.84. The molecule has 0 radical (unpaired) electrons. The van der Waals surface area contributed by atoms with E-state index in [1.165, 1.54) is 0 Å². The van der Waals surface area contributed by atoms with Crippen LogP contribution in [0.3, 0.4) is 0 Å². The van der Waals surface area contributed by atoms with Gasteiger partial charge in [-0.25, -0.2) is 0 Å². The highest BCUT2D eigenvalue weighted by Crippen LogP contribution is 2.53. The maximum atomic E-state index is 6.23. The van der Waals surface area contributed by atoms with Gasteiger partial charge in [-0.3, -0.25) is 0 Å². The lowest BCUT2D eigenvalue weighted by molar-refractivity contribution is 0.355. The smallest absolute Gasteiger partial charge is 0.176 e. The molecule has 0 N–H and O–H groups in total. The van der Waals surface area contributed by atoms with Crippen LogP contribution in [0.4, 0.5) is 0 Å². The second-order valence-electron chi connectivity index (χ2n) is 4.21. The van der Waals surface area contributed by atoms with Crippen molar-refractivity contribution >= 4 is 46.4 Å². The quantitative estimate of drug-likeness (QED) is 0.527. The van der Waals surface area contributed by atoms with Crippen molar-refractivity contribution < 1.29 is 9.47 Å². The highest BCUT2D eigenvalue weighted by Gasteiger charge is 2.39. The number of benzene rings is 2. The normalized spacial score (nSPS) is 13.2. The average molecular weight is 350 g/mol. The van der Waals surface area contributed by atoms with E-state index in [9.17, 15) is 0 Å². The molecule has 2 aromatic rings. The highest BCUT2D eigenvalue weighted by molar-refractivity contribution is 6.59. The molecule has 0 unspecified atom stereocenters. The first-order valence-electron chi connectivity index (χ1n) is 5.74. The van der Waals surface area contributed by atoms with E-state index in [4.69, 9.17) is 55.9 Å². The maximum Gasteiger partial charge on any atom is 0.176 e. The van der Waals surface area contributed by atoms with Crippen molar-refractivity contribution in [1.82, 2.24) is 0 Å². The van der Waals surface area contributed by atoms with Crippen molar-refractivity contribution in [2.75, 3.05) is 0 Å². The van der Waals surface area contributed by atoms with Crippen LogP contribution in [0.1, 0.15) is 5.56 Å². The first-order chi connectivity index (χ1) is 9.50. The van der Waals surface area contributed by atoms with Gasteiger partial charge in [-0.2, -0.15) is 0 Å². The summed E-state index contributed by atoms with van der Waals surface area (Å²) >= 11 is 24.2. The summed E-state index contributed by atoms with van der Waals surface area (Å²) < 4.78 is 10.1. The van der Waals surface area contributed by atoms with Crippen LogP contribution >= 0.6 is 46.4 Å². The molecule has 0 bridgehead atoms. The fourth-order valence-corrected chi connectivity index (χ4v) is 2.46. The van der Waals surface area contributed by atoms with Crippen LogP contribution in [0, 0.1) is 0 Å². The minimum absolute atomic E-state index is 0.419. The van der Waals surface area contributed by atoms with Gasteiger partial charge in [-0.1, -0.05) is 47.5 Å². The summed E-state index contributed by atoms with van der Waals surface area (Å²) in [5.74, 6) is 2.14. The third-order valence-electron chi connectivity index (χ3n) is 2.89. The molecule has 0 saturated heterocycles. The Morgan fingerprint density at radius 3 is 2.05 bits per heavy atom. The van der Waals surface area contributed by atoms with Crippen molar-refractivity contribution in [3.8, 4) is 23.0 Å². The molecule has 0 atom stereocenters. The molecule has 0 saturated carbocycles. The van der Waals surface area contributed by atoms with E-state index in [1.54, 1.807) is 24.3 Å². The molecule has 6 heteroatoms. The van der Waals surface area contributed by atoms with E-state index < -0.39 is 9.17 Å². The van der Waals surface area contributed by atoms with E-state index in [-0.39, 0.29) is 0 Å². The van der Waals surface area contributed by atoms with Crippen LogP contribution < -0.4 is 9.47 Å². The number of para-hydroxylation sites is 3. The maximum absolute atomic E-state index is 6.23. The first-order valence-corrected chi connectivity index (χ1v) is 7.37. The number of alkyl halides is 4. The number of fused-ring (bicyclic) bond motifs is 2. The minimum atomic E-state index is -1.50. The summed E-state index contributed by atoms with van der Waals surface area (Å²) in [6, 6.07) is 12.5. The van der Waals surface area contributed by atoms with E-state index in [1.807, 2.05) is 18.2 Å². The number of rotatable bonds is 2. The van der Waals surface area contributed by atoms with Gasteiger partial charge in [0, 0.05) is 5.56 Å². The van der Waals surface area contributed by atoms with Gasteiger partial charge in [0.1, 0.15) is 4.84 Å². The van der Waals surface area contributed by atoms with Gasteiger partial charge in [-0.15, -0.1) is 23.2 Å². The summed E-state index contributed by atoms with van der Waals surface area (Å²) in [5, 5.41) is 0. The Morgan fingerprint density at radius 1 is 0.800 bits per heavy atom. The molecule has 0 fully saturated rings. The van der Waals surface area contributed by atoms with Crippen molar-refractivity contribution in [2.45, 2.75) is 9.17 Å². The lowest BCUT2D eigenvalue weighted by Gasteiger charge is -2.28. The van der Waals surface area contributed by atoms with Gasteiger partial charge in [-0.05, 0) is 18.2 Å². The van der Waals surface area contributed by atoms with Crippen LogP contribution in [0.15, 0.2) is 42.5 Å². The van der Waals surface area contributed by atoms with Crippen molar-refractivity contribution in [1.29, 1.82) is 0 Å². The van der Waals surface area contributed by atoms with Crippen LogP contribution in [-0.4, -0.2) is 4.84 Å². The minimum Gasteiger partial charge on any atom is -0.450 e. The van der Waals surface area contributed by atoms with Crippen LogP contribution in [-0.2, 0) is 4.33 Å². The predicted octanol–water partition coefficient (Wildman–Crippen LogP) is 6.02. The molecule has 0 spiro atoms. The molecule has 104 valence electrons. The van der Waals surface area contributed by atoms with Gasteiger partial charge in [0.15, 0.2) is 27.3 Å². The topological polar surface area (TPSA) is 18.5 Å². The van der Waals surface area contributed by atoms with Gasteiger partial charge in [0.05, 0.1) is 0 Å². The van der Waals surface area contributed by atoms with Crippen LogP contribution in [0.25, 0.3) is 0 Å². The van der Waals surface area contributed by atoms with Crippen molar-refractivity contribution in [3.05, 3.63) is 48.0 Å². The second kappa shape index (κ2) is 5.19. The number of hydrogen-bond donors (Lipinski definition) is 0. The zero-order valence-corrected chi connectivity index (χ0v) is 13.0. The van der Waals surface area contributed by atoms with Crippen LogP contribution in [0.2, 0.25) is 0 Å². The average Bonchev–Trinajstić information content (AvgIpc) is 2.44. The Kier molecular flexibility index (Phi) is 3.67. The largest absolute Gasteiger partial charge is 0.450 e. The highest BCUT2D eigenvalue weighted by atomic mass is 35.5. The van der Waals surface area contributed by atoms with Crippen molar-refractivity contribution in [2.24, 2.45) is 0 Å². The number of halogens is 4. The molecular formula is C14H8Cl4O2. The van der Waals surface area contributed by atoms with Crippen LogP contribution in [0.5, 0.6) is 23.0 Å². The lowest BCUT2D eigenvalue weighted by Crippen LogP contribution is -2.20. The molecule has 0 aliphatic carbocycles. The molecule has 1 heterocycles. The summed E-state index contributed by atoms with van der Waals surface area (Å²) in [4.78, 5) is -1.02. The van der Waals surface area contributed by atoms with E-state index >= 15 is 0 Å². The molecule has 3 rings (SSSR count). The van der Waals surface area contributed by atoms with E-state index in [0.717, 1.165) is 0 Å². The molecule has 0 amide bonds. The summed E-state index contributed by atoms with van der Waals surface area (Å²) in [6.07, 6.45) is 0. The van der Waals surface area contributed by atoms with E-state index in [2.05, 4.69) is 0 Å². The van der Waals surface area contributed by atoms with Gasteiger partial charge < -0.3 is 9.47 Å². The Balaban J connectivity index is 2.11. The fraction of sp³-hybridized carbons (Fsp3) is 0.143. The van der Waals surface area contributed by atoms with Gasteiger partial charge in [0.2, 0.25) is 0 Å². The summed E-state index contributed by atoms with van der Waals surface area (Å²) in [7, 11) is 0. The third kappa shape index (κ3) is 2.31. The first kappa shape index (κ1) is 14.2. The Hall–Kier alpha value is -0.800. The SMILES string of the molecule is ClC(Cl)C(Cl)(Cl)c1cccc2c1Oc1ccccc1O2. The molecule has 0 aromatic heterocycles. The Labute approximate surface area is 136 Å². The fourth-order valence-electron chi connectivity index (χ4n) is 1.93. The second-order valence-corrected chi connectivity index (χ2v) is 6.69.